The second-order valence-corrected chi connectivity index (χ2v) is 16.1. The van der Waals surface area contributed by atoms with Gasteiger partial charge in [-0.15, -0.1) is 22.7 Å². The van der Waals surface area contributed by atoms with Crippen molar-refractivity contribution in [1.29, 1.82) is 0 Å². The Bertz CT molecular complexity index is 3180. The number of nitrogens with zero attached hydrogens (tertiary/aromatic N) is 3. The van der Waals surface area contributed by atoms with Crippen molar-refractivity contribution in [2.75, 3.05) is 0 Å². The van der Waals surface area contributed by atoms with E-state index in [2.05, 4.69) is 188 Å². The van der Waals surface area contributed by atoms with Crippen molar-refractivity contribution in [3.8, 4) is 67.5 Å². The molecule has 3 heterocycles. The van der Waals surface area contributed by atoms with Crippen LogP contribution in [0.3, 0.4) is 0 Å². The van der Waals surface area contributed by atoms with Crippen LogP contribution < -0.4 is 0 Å². The minimum Gasteiger partial charge on any atom is -0.208 e. The van der Waals surface area contributed by atoms with E-state index in [1.165, 1.54) is 51.5 Å². The number of rotatable bonds is 6. The van der Waals surface area contributed by atoms with E-state index in [1.54, 1.807) is 11.3 Å². The molecule has 0 bridgehead atoms. The topological polar surface area (TPSA) is 38.7 Å². The highest BCUT2D eigenvalue weighted by Crippen LogP contribution is 2.42. The summed E-state index contributed by atoms with van der Waals surface area (Å²) in [6, 6.07) is 66.9. The van der Waals surface area contributed by atoms with Crippen LogP contribution >= 0.6 is 22.7 Å². The summed E-state index contributed by atoms with van der Waals surface area (Å²) in [6.45, 7) is 0. The van der Waals surface area contributed by atoms with Gasteiger partial charge in [-0.25, -0.2) is 15.0 Å². The summed E-state index contributed by atoms with van der Waals surface area (Å²) >= 11 is 3.60. The Labute approximate surface area is 331 Å². The third-order valence-electron chi connectivity index (χ3n) is 10.5. The average molecular weight is 750 g/mol. The molecule has 0 aliphatic carbocycles. The molecular formula is C51H31N3S2. The zero-order valence-corrected chi connectivity index (χ0v) is 31.7. The Morgan fingerprint density at radius 2 is 0.804 bits per heavy atom. The van der Waals surface area contributed by atoms with Crippen LogP contribution in [-0.4, -0.2) is 15.0 Å². The maximum Gasteiger partial charge on any atom is 0.165 e. The zero-order valence-electron chi connectivity index (χ0n) is 30.1. The average Bonchev–Trinajstić information content (AvgIpc) is 3.85. The predicted molar refractivity (Wildman–Crippen MR) is 238 cm³/mol. The monoisotopic (exact) mass is 749 g/mol. The summed E-state index contributed by atoms with van der Waals surface area (Å²) < 4.78 is 4.89. The molecule has 5 heteroatoms. The Morgan fingerprint density at radius 3 is 1.52 bits per heavy atom. The van der Waals surface area contributed by atoms with Crippen LogP contribution in [0.25, 0.3) is 108 Å². The minimum atomic E-state index is 0.641. The van der Waals surface area contributed by atoms with Crippen LogP contribution in [0.15, 0.2) is 188 Å². The van der Waals surface area contributed by atoms with Gasteiger partial charge in [0.2, 0.25) is 0 Å². The summed E-state index contributed by atoms with van der Waals surface area (Å²) in [7, 11) is 0. The third kappa shape index (κ3) is 5.77. The van der Waals surface area contributed by atoms with E-state index in [0.29, 0.717) is 17.5 Å². The van der Waals surface area contributed by atoms with Gasteiger partial charge in [-0.2, -0.15) is 0 Å². The molecule has 0 N–H and O–H groups in total. The highest BCUT2D eigenvalue weighted by atomic mass is 32.1. The van der Waals surface area contributed by atoms with Crippen LogP contribution in [0.5, 0.6) is 0 Å². The summed E-state index contributed by atoms with van der Waals surface area (Å²) in [5.41, 5.74) is 9.85. The van der Waals surface area contributed by atoms with Gasteiger partial charge in [0.25, 0.3) is 0 Å². The molecule has 0 saturated heterocycles. The molecule has 0 radical (unpaired) electrons. The molecule has 56 heavy (non-hydrogen) atoms. The quantitative estimate of drug-likeness (QED) is 0.170. The molecule has 0 aliphatic heterocycles. The van der Waals surface area contributed by atoms with E-state index in [0.717, 1.165) is 38.9 Å². The first-order valence-electron chi connectivity index (χ1n) is 18.7. The fourth-order valence-corrected chi connectivity index (χ4v) is 10.1. The number of fused-ring (bicyclic) bond motifs is 6. The number of benzene rings is 8. The van der Waals surface area contributed by atoms with E-state index >= 15 is 0 Å². The number of thiophene rings is 2. The summed E-state index contributed by atoms with van der Waals surface area (Å²) in [4.78, 5) is 15.9. The van der Waals surface area contributed by atoms with Crippen molar-refractivity contribution in [3.63, 3.8) is 0 Å². The predicted octanol–water partition coefficient (Wildman–Crippen LogP) is 14.6. The van der Waals surface area contributed by atoms with E-state index in [4.69, 9.17) is 15.0 Å². The molecule has 0 fully saturated rings. The van der Waals surface area contributed by atoms with Crippen molar-refractivity contribution in [1.82, 2.24) is 15.0 Å². The molecule has 0 atom stereocenters. The van der Waals surface area contributed by atoms with Gasteiger partial charge in [-0.05, 0) is 81.9 Å². The van der Waals surface area contributed by atoms with Gasteiger partial charge in [0.05, 0.1) is 0 Å². The molecule has 0 saturated carbocycles. The number of hydrogen-bond donors (Lipinski definition) is 0. The molecule has 3 nitrogen and oxygen atoms in total. The molecule has 0 aliphatic rings. The molecule has 0 spiro atoms. The molecular weight excluding hydrogens is 719 g/mol. The lowest BCUT2D eigenvalue weighted by Crippen LogP contribution is -2.00. The third-order valence-corrected chi connectivity index (χ3v) is 12.9. The number of hydrogen-bond acceptors (Lipinski definition) is 5. The van der Waals surface area contributed by atoms with Crippen molar-refractivity contribution < 1.29 is 0 Å². The fourth-order valence-electron chi connectivity index (χ4n) is 7.76. The lowest BCUT2D eigenvalue weighted by atomic mass is 9.96. The van der Waals surface area contributed by atoms with Crippen LogP contribution in [0.4, 0.5) is 0 Å². The Balaban J connectivity index is 1.13. The highest BCUT2D eigenvalue weighted by Gasteiger charge is 2.19. The Kier molecular flexibility index (Phi) is 7.87. The van der Waals surface area contributed by atoms with Crippen LogP contribution in [-0.2, 0) is 0 Å². The Morgan fingerprint density at radius 1 is 0.268 bits per heavy atom. The highest BCUT2D eigenvalue weighted by molar-refractivity contribution is 7.26. The second-order valence-electron chi connectivity index (χ2n) is 14.0. The van der Waals surface area contributed by atoms with Crippen molar-refractivity contribution >= 4 is 63.0 Å². The van der Waals surface area contributed by atoms with Gasteiger partial charge in [0.15, 0.2) is 17.5 Å². The van der Waals surface area contributed by atoms with E-state index < -0.39 is 0 Å². The van der Waals surface area contributed by atoms with Crippen molar-refractivity contribution in [3.05, 3.63) is 188 Å². The van der Waals surface area contributed by atoms with Crippen molar-refractivity contribution in [2.45, 2.75) is 0 Å². The number of aromatic nitrogens is 3. The first kappa shape index (κ1) is 32.6. The van der Waals surface area contributed by atoms with Crippen LogP contribution in [0.2, 0.25) is 0 Å². The van der Waals surface area contributed by atoms with Crippen LogP contribution in [0.1, 0.15) is 0 Å². The second kappa shape index (κ2) is 13.5. The van der Waals surface area contributed by atoms with Gasteiger partial charge >= 0.3 is 0 Å². The van der Waals surface area contributed by atoms with Crippen LogP contribution in [0, 0.1) is 0 Å². The molecule has 8 aromatic carbocycles. The normalized spacial score (nSPS) is 11.6. The fraction of sp³-hybridized carbons (Fsp3) is 0. The zero-order chi connectivity index (χ0) is 37.0. The maximum absolute atomic E-state index is 5.31. The molecule has 262 valence electrons. The smallest absolute Gasteiger partial charge is 0.165 e. The molecule has 11 aromatic rings. The standard InChI is InChI=1S/C51H31N3S2/c1-4-13-32(14-5-1)35-24-26-46-44(30-35)41-25-23-36(31-47(41)55-46)49-52-50(54-51(53-49)43-21-12-20-42-40-19-10-11-22-45(40)56-48(42)43)39-28-37(33-15-6-2-7-16-33)27-38(29-39)34-17-8-3-9-18-34/h1-31H. The van der Waals surface area contributed by atoms with Crippen molar-refractivity contribution in [2.24, 2.45) is 0 Å². The Hall–Kier alpha value is -6.79. The largest absolute Gasteiger partial charge is 0.208 e. The minimum absolute atomic E-state index is 0.641. The lowest BCUT2D eigenvalue weighted by molar-refractivity contribution is 1.08. The van der Waals surface area contributed by atoms with E-state index in [1.807, 2.05) is 11.3 Å². The molecule has 11 rings (SSSR count). The molecule has 0 amide bonds. The molecule has 3 aromatic heterocycles. The maximum atomic E-state index is 5.31. The van der Waals surface area contributed by atoms with Gasteiger partial charge in [-0.1, -0.05) is 140 Å². The lowest BCUT2D eigenvalue weighted by Gasteiger charge is -2.13. The first-order valence-corrected chi connectivity index (χ1v) is 20.3. The SMILES string of the molecule is c1ccc(-c2cc(-c3ccccc3)cc(-c3nc(-c4ccc5c(c4)sc4ccc(-c6ccccc6)cc45)nc(-c4cccc5c4sc4ccccc45)n3)c2)cc1. The van der Waals surface area contributed by atoms with Gasteiger partial charge in [-0.3, -0.25) is 0 Å². The van der Waals surface area contributed by atoms with Gasteiger partial charge < -0.3 is 0 Å². The summed E-state index contributed by atoms with van der Waals surface area (Å²) in [6.07, 6.45) is 0. The first-order chi connectivity index (χ1) is 27.7. The van der Waals surface area contributed by atoms with Gasteiger partial charge in [0, 0.05) is 57.0 Å². The van der Waals surface area contributed by atoms with E-state index in [-0.39, 0.29) is 0 Å². The molecule has 0 unspecified atom stereocenters. The van der Waals surface area contributed by atoms with E-state index in [9.17, 15) is 0 Å². The van der Waals surface area contributed by atoms with Gasteiger partial charge in [0.1, 0.15) is 0 Å². The summed E-state index contributed by atoms with van der Waals surface area (Å²) in [5.74, 6) is 1.96. The summed E-state index contributed by atoms with van der Waals surface area (Å²) in [5, 5.41) is 4.96.